The third-order valence-electron chi connectivity index (χ3n) is 2.12. The maximum Gasteiger partial charge on any atom is 0.211 e. The molecule has 106 valence electrons. The molecule has 0 amide bonds. The molecule has 0 heterocycles. The van der Waals surface area contributed by atoms with Crippen molar-refractivity contribution in [1.29, 1.82) is 1.43 Å². The maximum atomic E-state index is 9.20. The highest BCUT2D eigenvalue weighted by molar-refractivity contribution is 5.33. The van der Waals surface area contributed by atoms with E-state index in [0.717, 1.165) is 0 Å². The van der Waals surface area contributed by atoms with Gasteiger partial charge < -0.3 is 14.7 Å². The summed E-state index contributed by atoms with van der Waals surface area (Å²) < 4.78 is 208. The molecule has 1 aromatic rings. The van der Waals surface area contributed by atoms with Gasteiger partial charge >= 0.3 is 0 Å². The highest BCUT2D eigenvalue weighted by atomic mass is 16.5. The van der Waals surface area contributed by atoms with Gasteiger partial charge in [0.1, 0.15) is 5.75 Å². The summed E-state index contributed by atoms with van der Waals surface area (Å²) >= 11 is 0. The average Bonchev–Trinajstić information content (AvgIpc) is 2.78. The van der Waals surface area contributed by atoms with Crippen LogP contribution >= 0.6 is 0 Å². The fraction of sp³-hybridized carbons (Fsp3) is 0.625. The van der Waals surface area contributed by atoms with E-state index in [-0.39, 0.29) is 0 Å². The first-order valence-electron chi connectivity index (χ1n) is 17.2. The van der Waals surface area contributed by atoms with Crippen molar-refractivity contribution in [3.8, 4) is 5.75 Å². The zero-order valence-corrected chi connectivity index (χ0v) is 9.26. The van der Waals surface area contributed by atoms with Crippen molar-refractivity contribution in [2.75, 3.05) is 27.5 Å². The molecule has 1 aromatic carbocycles. The fourth-order valence-corrected chi connectivity index (χ4v) is 1.32. The molecule has 3 heteroatoms. The minimum atomic E-state index is -4.92. The van der Waals surface area contributed by atoms with Gasteiger partial charge in [-0.2, -0.15) is 0 Å². The summed E-state index contributed by atoms with van der Waals surface area (Å²) in [6.45, 7) is -13.2. The zero-order chi connectivity index (χ0) is 35.5. The number of hydrogen-bond donors (Lipinski definition) is 1. The lowest BCUT2D eigenvalue weighted by atomic mass is 9.71. The van der Waals surface area contributed by atoms with E-state index in [0.29, 0.717) is 0 Å². The Morgan fingerprint density at radius 1 is 1.74 bits per heavy atom. The summed E-state index contributed by atoms with van der Waals surface area (Å²) in [5.41, 5.74) is -6.59. The summed E-state index contributed by atoms with van der Waals surface area (Å²) in [4.78, 5) is -1.13. The molecule has 1 fully saturated rings. The van der Waals surface area contributed by atoms with Crippen molar-refractivity contribution in [2.24, 2.45) is 5.89 Å². The topological polar surface area (TPSA) is 32.7 Å². The van der Waals surface area contributed by atoms with Gasteiger partial charge in [0.05, 0.1) is 22.2 Å². The van der Waals surface area contributed by atoms with Crippen molar-refractivity contribution < 1.29 is 42.7 Å². The number of benzene rings is 1. The Labute approximate surface area is 151 Å². The standard InChI is InChI=1S/C16H25NO2/c1-17(2)12-14-7-4-5-10-16(14,18)13-8-6-9-15(11-13)19-3/h6,8-9,11,14,18H,4-5,7,10,12H2,1-3H3/t14-,16+/m0/s1/i1D3,2D3,3D3,4D2,5D2,6D,7D2,8D,9D,10D2,11D,12D2,14D,18D. The van der Waals surface area contributed by atoms with Crippen LogP contribution in [0, 0.1) is 5.89 Å². The average molecular weight is 289 g/mol. The van der Waals surface area contributed by atoms with E-state index in [1.54, 1.807) is 0 Å². The van der Waals surface area contributed by atoms with Crippen LogP contribution < -0.4 is 4.74 Å². The first-order valence-corrected chi connectivity index (χ1v) is 4.78. The quantitative estimate of drug-likeness (QED) is 0.904. The van der Waals surface area contributed by atoms with Gasteiger partial charge in [-0.1, -0.05) is 24.8 Å². The van der Waals surface area contributed by atoms with E-state index >= 15 is 0 Å². The summed E-state index contributed by atoms with van der Waals surface area (Å²) in [7, 11) is -3.58. The molecule has 0 spiro atoms. The number of rotatable bonds is 5. The first kappa shape index (κ1) is 2.67. The lowest BCUT2D eigenvalue weighted by Crippen LogP contribution is -2.43. The fourth-order valence-electron chi connectivity index (χ4n) is 1.32. The third-order valence-corrected chi connectivity index (χ3v) is 2.12. The van der Waals surface area contributed by atoms with Crippen LogP contribution in [0.25, 0.3) is 0 Å². The minimum Gasteiger partial charge on any atom is -0.497 e. The molecule has 1 aliphatic rings. The molecule has 0 aromatic heterocycles. The maximum absolute atomic E-state index is 9.20. The Bertz CT molecular complexity index is 1280. The van der Waals surface area contributed by atoms with Gasteiger partial charge in [0, 0.05) is 35.7 Å². The van der Waals surface area contributed by atoms with Gasteiger partial charge in [0.25, 0.3) is 0 Å². The van der Waals surface area contributed by atoms with E-state index in [1.165, 1.54) is 0 Å². The molecule has 0 bridgehead atoms. The molecular weight excluding hydrogens is 238 g/mol. The van der Waals surface area contributed by atoms with Crippen LogP contribution in [0.4, 0.5) is 0 Å². The molecule has 2 rings (SSSR count). The molecule has 0 radical (unpaired) electrons. The summed E-state index contributed by atoms with van der Waals surface area (Å²) in [6.07, 6.45) is -18.1. The SMILES string of the molecule is [2H]O[C@@]1(c2c([2H])c([2H])c([2H])c(OC([2H])([2H])[2H])c2[2H])C([2H])([2H])C([2H])([2H])C([2H])([2H])C([2H])([2H])[C@@]1([2H])C([2H])([2H])N(C([2H])([2H])[2H])C([2H])([2H])[2H]. The monoisotopic (exact) mass is 288 g/mol. The van der Waals surface area contributed by atoms with Gasteiger partial charge in [-0.3, -0.25) is 0 Å². The van der Waals surface area contributed by atoms with E-state index in [9.17, 15) is 1.37 Å². The second-order valence-corrected chi connectivity index (χ2v) is 3.31. The summed E-state index contributed by atoms with van der Waals surface area (Å²) in [5, 5.41) is 4.39. The van der Waals surface area contributed by atoms with Gasteiger partial charge in [0.2, 0.25) is 1.43 Å². The van der Waals surface area contributed by atoms with Gasteiger partial charge in [0.15, 0.2) is 0 Å². The number of methoxy groups -OCH3 is 1. The van der Waals surface area contributed by atoms with Gasteiger partial charge in [-0.15, -0.1) is 0 Å². The van der Waals surface area contributed by atoms with E-state index in [1.807, 2.05) is 0 Å². The lowest BCUT2D eigenvalue weighted by molar-refractivity contribution is -0.0619. The Kier molecular flexibility index (Phi) is 0.832. The smallest absolute Gasteiger partial charge is 0.211 e. The van der Waals surface area contributed by atoms with Crippen LogP contribution in [0.15, 0.2) is 24.2 Å². The first-order chi connectivity index (χ1) is 19.0. The molecule has 1 saturated carbocycles. The number of aliphatic hydroxyl groups is 1. The van der Waals surface area contributed by atoms with Crippen LogP contribution in [-0.4, -0.2) is 38.9 Å². The van der Waals surface area contributed by atoms with Crippen LogP contribution in [0.1, 0.15) is 64.0 Å². The molecule has 0 unspecified atom stereocenters. The number of ether oxygens (including phenoxy) is 1. The predicted octanol–water partition coefficient (Wildman–Crippen LogP) is 2.63. The van der Waals surface area contributed by atoms with Crippen LogP contribution in [0.5, 0.6) is 5.75 Å². The largest absolute Gasteiger partial charge is 0.497 e. The van der Waals surface area contributed by atoms with E-state index in [4.69, 9.17) is 33.0 Å². The highest BCUT2D eigenvalue weighted by Crippen LogP contribution is 2.42. The van der Waals surface area contributed by atoms with Gasteiger partial charge in [-0.05, 0) is 44.3 Å². The van der Waals surface area contributed by atoms with E-state index in [2.05, 4.69) is 9.85 Å². The summed E-state index contributed by atoms with van der Waals surface area (Å²) in [5.74, 6) is -6.47. The zero-order valence-electron chi connectivity index (χ0n) is 34.3. The number of hydrogen-bond acceptors (Lipinski definition) is 3. The van der Waals surface area contributed by atoms with Crippen LogP contribution in [0.3, 0.4) is 0 Å². The molecule has 2 atom stereocenters. The third kappa shape index (κ3) is 3.10. The second kappa shape index (κ2) is 5.93. The van der Waals surface area contributed by atoms with E-state index < -0.39 is 105 Å². The number of nitrogens with zero attached hydrogens (tertiary/aromatic N) is 1. The summed E-state index contributed by atoms with van der Waals surface area (Å²) in [6, 6.07) is -6.37. The molecule has 1 aliphatic carbocycles. The molecule has 0 aliphatic heterocycles. The van der Waals surface area contributed by atoms with Crippen molar-refractivity contribution in [1.82, 2.24) is 4.90 Å². The lowest BCUT2D eigenvalue weighted by Gasteiger charge is -2.41. The van der Waals surface area contributed by atoms with Crippen molar-refractivity contribution in [3.05, 3.63) is 29.7 Å². The normalized spacial score (nSPS) is 63.9. The Hall–Kier alpha value is -1.06. The molecular formula is C16H25NO2. The van der Waals surface area contributed by atoms with Crippen molar-refractivity contribution in [3.63, 3.8) is 0 Å². The van der Waals surface area contributed by atoms with Gasteiger partial charge in [-0.25, -0.2) is 0 Å². The van der Waals surface area contributed by atoms with Crippen LogP contribution in [-0.2, 0) is 5.60 Å². The highest BCUT2D eigenvalue weighted by Gasteiger charge is 2.40. The van der Waals surface area contributed by atoms with Crippen LogP contribution in [0.2, 0.25) is 0 Å². The minimum absolute atomic E-state index is 1.13. The molecule has 3 nitrogen and oxygen atoms in total. The Morgan fingerprint density at radius 3 is 3.47 bits per heavy atom. The molecule has 19 heavy (non-hydrogen) atoms. The molecule has 1 N–H and O–H groups in total. The second-order valence-electron chi connectivity index (χ2n) is 3.31. The van der Waals surface area contributed by atoms with Crippen molar-refractivity contribution in [2.45, 2.75) is 31.1 Å². The molecule has 0 saturated heterocycles. The predicted molar refractivity (Wildman–Crippen MR) is 77.4 cm³/mol. The Balaban J connectivity index is 3.55. The Morgan fingerprint density at radius 2 is 2.68 bits per heavy atom. The van der Waals surface area contributed by atoms with Crippen molar-refractivity contribution >= 4 is 0 Å².